The minimum atomic E-state index is -0.966. The number of rotatable bonds is 6. The Morgan fingerprint density at radius 1 is 1.44 bits per heavy atom. The van der Waals surface area contributed by atoms with E-state index in [4.69, 9.17) is 0 Å². The fraction of sp³-hybridized carbons (Fsp3) is 0.385. The molecule has 0 saturated heterocycles. The molecule has 0 saturated carbocycles. The van der Waals surface area contributed by atoms with E-state index in [0.717, 1.165) is 25.8 Å². The summed E-state index contributed by atoms with van der Waals surface area (Å²) in [6, 6.07) is 5.43. The quantitative estimate of drug-likeness (QED) is 0.770. The summed E-state index contributed by atoms with van der Waals surface area (Å²) in [5.41, 5.74) is 0.843. The third kappa shape index (κ3) is 2.45. The van der Waals surface area contributed by atoms with Crippen LogP contribution in [0.1, 0.15) is 36.7 Å². The highest BCUT2D eigenvalue weighted by Crippen LogP contribution is 2.17. The van der Waals surface area contributed by atoms with E-state index in [1.54, 1.807) is 22.7 Å². The van der Waals surface area contributed by atoms with Crippen molar-refractivity contribution in [1.29, 1.82) is 0 Å². The summed E-state index contributed by atoms with van der Waals surface area (Å²) in [6.45, 7) is 2.88. The van der Waals surface area contributed by atoms with Gasteiger partial charge in [-0.1, -0.05) is 25.8 Å². The number of imidazole rings is 1. The number of carboxylic acid groups (broad SMARTS) is 1. The molecule has 0 unspecified atom stereocenters. The van der Waals surface area contributed by atoms with Gasteiger partial charge in [0.15, 0.2) is 11.5 Å². The Bertz CT molecular complexity index is 548. The molecule has 0 aliphatic carbocycles. The highest BCUT2D eigenvalue weighted by molar-refractivity contribution is 5.92. The molecule has 5 heteroatoms. The van der Waals surface area contributed by atoms with E-state index in [1.165, 1.54) is 0 Å². The molecule has 0 bridgehead atoms. The van der Waals surface area contributed by atoms with E-state index in [2.05, 4.69) is 17.2 Å². The second-order valence-electron chi connectivity index (χ2n) is 4.18. The fourth-order valence-corrected chi connectivity index (χ4v) is 1.91. The van der Waals surface area contributed by atoms with E-state index in [0.29, 0.717) is 11.5 Å². The maximum Gasteiger partial charge on any atom is 0.356 e. The summed E-state index contributed by atoms with van der Waals surface area (Å²) in [6.07, 6.45) is 4.99. The van der Waals surface area contributed by atoms with Gasteiger partial charge in [0, 0.05) is 12.7 Å². The van der Waals surface area contributed by atoms with Crippen molar-refractivity contribution in [2.75, 3.05) is 11.9 Å². The third-order valence-electron chi connectivity index (χ3n) is 2.81. The smallest absolute Gasteiger partial charge is 0.356 e. The molecule has 0 aromatic carbocycles. The molecule has 0 spiro atoms. The highest BCUT2D eigenvalue weighted by Gasteiger charge is 2.17. The Morgan fingerprint density at radius 3 is 3.00 bits per heavy atom. The maximum absolute atomic E-state index is 11.3. The van der Waals surface area contributed by atoms with Crippen molar-refractivity contribution in [3.8, 4) is 0 Å². The van der Waals surface area contributed by atoms with Crippen LogP contribution in [0.15, 0.2) is 24.4 Å². The van der Waals surface area contributed by atoms with Crippen molar-refractivity contribution in [3.05, 3.63) is 30.1 Å². The maximum atomic E-state index is 11.3. The average molecular weight is 247 g/mol. The molecule has 2 heterocycles. The molecule has 2 aromatic rings. The van der Waals surface area contributed by atoms with Crippen LogP contribution in [0.25, 0.3) is 5.65 Å². The van der Waals surface area contributed by atoms with Crippen LogP contribution in [0.4, 0.5) is 5.82 Å². The fourth-order valence-electron chi connectivity index (χ4n) is 1.91. The lowest BCUT2D eigenvalue weighted by Gasteiger charge is -2.03. The molecule has 96 valence electrons. The number of carboxylic acids is 1. The lowest BCUT2D eigenvalue weighted by Crippen LogP contribution is -2.08. The van der Waals surface area contributed by atoms with Crippen LogP contribution in [0.2, 0.25) is 0 Å². The first-order chi connectivity index (χ1) is 8.74. The predicted molar refractivity (Wildman–Crippen MR) is 70.2 cm³/mol. The summed E-state index contributed by atoms with van der Waals surface area (Å²) < 4.78 is 1.59. The molecule has 0 fully saturated rings. The molecule has 0 aliphatic heterocycles. The van der Waals surface area contributed by atoms with Gasteiger partial charge in [0.25, 0.3) is 0 Å². The Labute approximate surface area is 105 Å². The van der Waals surface area contributed by atoms with Crippen LogP contribution >= 0.6 is 0 Å². The molecule has 5 nitrogen and oxygen atoms in total. The first-order valence-electron chi connectivity index (χ1n) is 6.18. The standard InChI is InChI=1S/C13H17N3O2/c1-2-3-5-8-14-12-11(13(17)18)16-9-6-4-7-10(16)15-12/h4,6-7,9,14H,2-3,5,8H2,1H3,(H,17,18). The minimum absolute atomic E-state index is 0.196. The lowest BCUT2D eigenvalue weighted by molar-refractivity contribution is 0.0690. The van der Waals surface area contributed by atoms with Crippen molar-refractivity contribution < 1.29 is 9.90 Å². The Kier molecular flexibility index (Phi) is 3.82. The van der Waals surface area contributed by atoms with Crippen molar-refractivity contribution in [2.24, 2.45) is 0 Å². The Hall–Kier alpha value is -2.04. The van der Waals surface area contributed by atoms with Gasteiger partial charge in [-0.25, -0.2) is 9.78 Å². The Balaban J connectivity index is 2.25. The molecule has 0 aliphatic rings. The number of fused-ring (bicyclic) bond motifs is 1. The van der Waals surface area contributed by atoms with E-state index < -0.39 is 5.97 Å². The molecule has 0 atom stereocenters. The second kappa shape index (κ2) is 5.53. The van der Waals surface area contributed by atoms with Gasteiger partial charge in [0.05, 0.1) is 0 Å². The molecule has 0 radical (unpaired) electrons. The molecule has 18 heavy (non-hydrogen) atoms. The molecule has 0 amide bonds. The molecular formula is C13H17N3O2. The Morgan fingerprint density at radius 2 is 2.28 bits per heavy atom. The van der Waals surface area contributed by atoms with Gasteiger partial charge >= 0.3 is 5.97 Å². The number of aromatic carboxylic acids is 1. The zero-order valence-corrected chi connectivity index (χ0v) is 10.4. The van der Waals surface area contributed by atoms with Crippen LogP contribution in [0.5, 0.6) is 0 Å². The number of hydrogen-bond donors (Lipinski definition) is 2. The van der Waals surface area contributed by atoms with Crippen LogP contribution in [0, 0.1) is 0 Å². The van der Waals surface area contributed by atoms with Gasteiger partial charge in [0.1, 0.15) is 5.65 Å². The number of hydrogen-bond acceptors (Lipinski definition) is 3. The number of nitrogens with one attached hydrogen (secondary N) is 1. The van der Waals surface area contributed by atoms with Crippen molar-refractivity contribution in [1.82, 2.24) is 9.38 Å². The van der Waals surface area contributed by atoms with Crippen molar-refractivity contribution in [2.45, 2.75) is 26.2 Å². The van der Waals surface area contributed by atoms with E-state index in [-0.39, 0.29) is 5.69 Å². The van der Waals surface area contributed by atoms with E-state index in [9.17, 15) is 9.90 Å². The lowest BCUT2D eigenvalue weighted by atomic mass is 10.2. The van der Waals surface area contributed by atoms with Crippen molar-refractivity contribution >= 4 is 17.4 Å². The van der Waals surface area contributed by atoms with Gasteiger partial charge in [-0.15, -0.1) is 0 Å². The molecule has 2 aromatic heterocycles. The predicted octanol–water partition coefficient (Wildman–Crippen LogP) is 2.63. The molecule has 2 N–H and O–H groups in total. The average Bonchev–Trinajstić information content (AvgIpc) is 2.73. The number of unbranched alkanes of at least 4 members (excludes halogenated alkanes) is 2. The van der Waals surface area contributed by atoms with Gasteiger partial charge < -0.3 is 10.4 Å². The van der Waals surface area contributed by atoms with Gasteiger partial charge in [-0.05, 0) is 18.6 Å². The SMILES string of the molecule is CCCCCNc1nc2ccccn2c1C(=O)O. The van der Waals surface area contributed by atoms with Crippen molar-refractivity contribution in [3.63, 3.8) is 0 Å². The van der Waals surface area contributed by atoms with E-state index in [1.807, 2.05) is 6.07 Å². The highest BCUT2D eigenvalue weighted by atomic mass is 16.4. The normalized spacial score (nSPS) is 10.7. The van der Waals surface area contributed by atoms with Gasteiger partial charge in [0.2, 0.25) is 0 Å². The van der Waals surface area contributed by atoms with Crippen LogP contribution in [-0.4, -0.2) is 27.0 Å². The van der Waals surface area contributed by atoms with Crippen LogP contribution in [-0.2, 0) is 0 Å². The summed E-state index contributed by atoms with van der Waals surface area (Å²) >= 11 is 0. The number of anilines is 1. The zero-order chi connectivity index (χ0) is 13.0. The summed E-state index contributed by atoms with van der Waals surface area (Å²) in [5.74, 6) is -0.517. The summed E-state index contributed by atoms with van der Waals surface area (Å²) in [7, 11) is 0. The zero-order valence-electron chi connectivity index (χ0n) is 10.4. The largest absolute Gasteiger partial charge is 0.476 e. The first-order valence-corrected chi connectivity index (χ1v) is 6.18. The van der Waals surface area contributed by atoms with Crippen LogP contribution < -0.4 is 5.32 Å². The molecular weight excluding hydrogens is 230 g/mol. The first kappa shape index (κ1) is 12.4. The number of nitrogens with zero attached hydrogens (tertiary/aromatic N) is 2. The number of aromatic nitrogens is 2. The number of carbonyl (C=O) groups is 1. The van der Waals surface area contributed by atoms with Gasteiger partial charge in [-0.3, -0.25) is 4.40 Å². The second-order valence-corrected chi connectivity index (χ2v) is 4.18. The minimum Gasteiger partial charge on any atom is -0.476 e. The third-order valence-corrected chi connectivity index (χ3v) is 2.81. The van der Waals surface area contributed by atoms with E-state index >= 15 is 0 Å². The molecule has 2 rings (SSSR count). The topological polar surface area (TPSA) is 66.6 Å². The number of pyridine rings is 1. The van der Waals surface area contributed by atoms with Gasteiger partial charge in [-0.2, -0.15) is 0 Å². The summed E-state index contributed by atoms with van der Waals surface area (Å²) in [4.78, 5) is 15.6. The monoisotopic (exact) mass is 247 g/mol. The summed E-state index contributed by atoms with van der Waals surface area (Å²) in [5, 5.41) is 12.4. The van der Waals surface area contributed by atoms with Crippen LogP contribution in [0.3, 0.4) is 0 Å².